The summed E-state index contributed by atoms with van der Waals surface area (Å²) in [7, 11) is 0. The molecule has 0 radical (unpaired) electrons. The Morgan fingerprint density at radius 1 is 1.06 bits per heavy atom. The highest BCUT2D eigenvalue weighted by atomic mass is 32.1. The first-order valence-electron chi connectivity index (χ1n) is 12.0. The van der Waals surface area contributed by atoms with E-state index in [9.17, 15) is 14.4 Å². The van der Waals surface area contributed by atoms with Crippen LogP contribution in [0.5, 0.6) is 0 Å². The molecule has 4 rings (SSSR count). The van der Waals surface area contributed by atoms with Crippen molar-refractivity contribution in [2.24, 2.45) is 0 Å². The van der Waals surface area contributed by atoms with Crippen LogP contribution >= 0.6 is 11.3 Å². The van der Waals surface area contributed by atoms with E-state index in [1.807, 2.05) is 30.0 Å². The van der Waals surface area contributed by atoms with Gasteiger partial charge in [-0.15, -0.1) is 11.3 Å². The quantitative estimate of drug-likeness (QED) is 0.448. The summed E-state index contributed by atoms with van der Waals surface area (Å²) in [6.45, 7) is 7.92. The molecule has 0 bridgehead atoms. The molecule has 3 amide bonds. The average Bonchev–Trinajstić information content (AvgIpc) is 3.45. The number of carbonyl (C=O) groups excluding carboxylic acids is 3. The predicted octanol–water partition coefficient (Wildman–Crippen LogP) is 4.80. The topological polar surface area (TPSA) is 105 Å². The summed E-state index contributed by atoms with van der Waals surface area (Å²) in [6, 6.07) is 19.0. The van der Waals surface area contributed by atoms with Crippen LogP contribution in [0.15, 0.2) is 60.7 Å². The number of thiophene rings is 1. The van der Waals surface area contributed by atoms with Crippen LogP contribution in [0.25, 0.3) is 0 Å². The summed E-state index contributed by atoms with van der Waals surface area (Å²) in [4.78, 5) is 41.2. The van der Waals surface area contributed by atoms with Crippen molar-refractivity contribution in [3.05, 3.63) is 82.2 Å². The Morgan fingerprint density at radius 2 is 1.78 bits per heavy atom. The highest BCUT2D eigenvalue weighted by Gasteiger charge is 2.34. The minimum Gasteiger partial charge on any atom is -0.391 e. The van der Waals surface area contributed by atoms with Crippen molar-refractivity contribution in [2.75, 3.05) is 17.6 Å². The number of nitrogens with zero attached hydrogens (tertiary/aromatic N) is 1. The number of rotatable bonds is 6. The number of hydrogen-bond acceptors (Lipinski definition) is 5. The second-order valence-corrected chi connectivity index (χ2v) is 11.0. The predicted molar refractivity (Wildman–Crippen MR) is 144 cm³/mol. The molecule has 7 nitrogen and oxygen atoms in total. The summed E-state index contributed by atoms with van der Waals surface area (Å²) in [5, 5.41) is 6.14. The van der Waals surface area contributed by atoms with Crippen LogP contribution in [-0.4, -0.2) is 40.7 Å². The van der Waals surface area contributed by atoms with E-state index < -0.39 is 5.54 Å². The largest absolute Gasteiger partial charge is 0.391 e. The molecule has 36 heavy (non-hydrogen) atoms. The number of nitrogens with one attached hydrogen (secondary N) is 2. The molecule has 3 aromatic rings. The lowest BCUT2D eigenvalue weighted by molar-refractivity contribution is -0.120. The van der Waals surface area contributed by atoms with E-state index in [0.717, 1.165) is 12.0 Å². The third-order valence-corrected chi connectivity index (χ3v) is 7.58. The number of anilines is 2. The van der Waals surface area contributed by atoms with E-state index in [1.165, 1.54) is 16.9 Å². The molecule has 1 fully saturated rings. The Bertz CT molecular complexity index is 1280. The first-order valence-corrected chi connectivity index (χ1v) is 12.8. The van der Waals surface area contributed by atoms with E-state index in [1.54, 1.807) is 44.2 Å². The van der Waals surface area contributed by atoms with E-state index in [-0.39, 0.29) is 23.8 Å². The lowest BCUT2D eigenvalue weighted by Crippen LogP contribution is -2.52. The molecule has 1 aliphatic rings. The number of aryl methyl sites for hydroxylation is 1. The lowest BCUT2D eigenvalue weighted by Gasteiger charge is -2.25. The number of likely N-dealkylation sites (tertiary alicyclic amines) is 1. The third kappa shape index (κ3) is 5.44. The third-order valence-electron chi connectivity index (χ3n) is 6.67. The van der Waals surface area contributed by atoms with Gasteiger partial charge in [-0.3, -0.25) is 14.4 Å². The summed E-state index contributed by atoms with van der Waals surface area (Å²) in [6.07, 6.45) is 0.932. The van der Waals surface area contributed by atoms with Crippen molar-refractivity contribution < 1.29 is 14.4 Å². The Morgan fingerprint density at radius 3 is 2.42 bits per heavy atom. The van der Waals surface area contributed by atoms with Gasteiger partial charge >= 0.3 is 0 Å². The molecule has 1 aliphatic heterocycles. The molecular formula is C28H32N4O3S. The highest BCUT2D eigenvalue weighted by molar-refractivity contribution is 7.17. The summed E-state index contributed by atoms with van der Waals surface area (Å²) in [5.41, 5.74) is 7.77. The number of nitrogen functional groups attached to an aromatic ring is 1. The van der Waals surface area contributed by atoms with Crippen molar-refractivity contribution >= 4 is 39.7 Å². The SMILES string of the molecule is Cc1cc(NC(=O)C(C)(C)NC(=O)c2ccc(N)s2)ccc1C(=O)N1CC(c2ccccc2)CC1C. The van der Waals surface area contributed by atoms with Gasteiger partial charge in [0.1, 0.15) is 5.54 Å². The van der Waals surface area contributed by atoms with Crippen LogP contribution < -0.4 is 16.4 Å². The zero-order valence-corrected chi connectivity index (χ0v) is 21.8. The van der Waals surface area contributed by atoms with Crippen LogP contribution in [0.3, 0.4) is 0 Å². The van der Waals surface area contributed by atoms with E-state index in [2.05, 4.69) is 29.7 Å². The highest BCUT2D eigenvalue weighted by Crippen LogP contribution is 2.33. The monoisotopic (exact) mass is 504 g/mol. The number of benzene rings is 2. The van der Waals surface area contributed by atoms with E-state index in [4.69, 9.17) is 5.73 Å². The standard InChI is InChI=1S/C28H32N4O3S/c1-17-14-21(30-27(35)28(3,4)31-25(33)23-12-13-24(29)36-23)10-11-22(17)26(34)32-16-20(15-18(32)2)19-8-6-5-7-9-19/h5-14,18,20H,15-16,29H2,1-4H3,(H,30,35)(H,31,33). The summed E-state index contributed by atoms with van der Waals surface area (Å²) < 4.78 is 0. The molecular weight excluding hydrogens is 472 g/mol. The first kappa shape index (κ1) is 25.4. The molecule has 2 aromatic carbocycles. The molecule has 2 atom stereocenters. The van der Waals surface area contributed by atoms with Crippen molar-refractivity contribution in [3.8, 4) is 0 Å². The van der Waals surface area contributed by atoms with Gasteiger partial charge in [0.25, 0.3) is 11.8 Å². The van der Waals surface area contributed by atoms with Gasteiger partial charge in [-0.2, -0.15) is 0 Å². The van der Waals surface area contributed by atoms with Crippen molar-refractivity contribution in [2.45, 2.75) is 51.6 Å². The second-order valence-electron chi connectivity index (χ2n) is 9.91. The van der Waals surface area contributed by atoms with Crippen molar-refractivity contribution in [3.63, 3.8) is 0 Å². The molecule has 1 saturated heterocycles. The molecule has 2 heterocycles. The molecule has 188 valence electrons. The van der Waals surface area contributed by atoms with Crippen molar-refractivity contribution in [1.29, 1.82) is 0 Å². The molecule has 4 N–H and O–H groups in total. The molecule has 0 saturated carbocycles. The minimum atomic E-state index is -1.16. The fourth-order valence-electron chi connectivity index (χ4n) is 4.58. The molecule has 2 unspecified atom stereocenters. The lowest BCUT2D eigenvalue weighted by atomic mass is 9.97. The normalized spacial score (nSPS) is 17.6. The number of nitrogens with two attached hydrogens (primary N) is 1. The van der Waals surface area contributed by atoms with E-state index >= 15 is 0 Å². The second kappa shape index (κ2) is 10.1. The van der Waals surface area contributed by atoms with Crippen LogP contribution in [0.1, 0.15) is 64.3 Å². The Balaban J connectivity index is 1.42. The molecule has 1 aromatic heterocycles. The Kier molecular flexibility index (Phi) is 7.17. The van der Waals surface area contributed by atoms with E-state index in [0.29, 0.717) is 33.6 Å². The van der Waals surface area contributed by atoms with Gasteiger partial charge in [-0.1, -0.05) is 30.3 Å². The van der Waals surface area contributed by atoms with Gasteiger partial charge in [0.05, 0.1) is 9.88 Å². The van der Waals surface area contributed by atoms with Gasteiger partial charge in [-0.25, -0.2) is 0 Å². The zero-order valence-electron chi connectivity index (χ0n) is 21.0. The van der Waals surface area contributed by atoms with Gasteiger partial charge in [0.2, 0.25) is 5.91 Å². The van der Waals surface area contributed by atoms with Crippen LogP contribution in [0.2, 0.25) is 0 Å². The van der Waals surface area contributed by atoms with Gasteiger partial charge in [-0.05, 0) is 75.6 Å². The van der Waals surface area contributed by atoms with Crippen molar-refractivity contribution in [1.82, 2.24) is 10.2 Å². The number of hydrogen-bond donors (Lipinski definition) is 3. The fourth-order valence-corrected chi connectivity index (χ4v) is 5.25. The molecule has 8 heteroatoms. The van der Waals surface area contributed by atoms with Crippen LogP contribution in [0, 0.1) is 6.92 Å². The zero-order chi connectivity index (χ0) is 26.0. The smallest absolute Gasteiger partial charge is 0.262 e. The summed E-state index contributed by atoms with van der Waals surface area (Å²) in [5.74, 6) is -0.397. The van der Waals surface area contributed by atoms with Gasteiger partial charge in [0, 0.05) is 29.8 Å². The average molecular weight is 505 g/mol. The maximum atomic E-state index is 13.4. The Labute approximate surface area is 215 Å². The van der Waals surface area contributed by atoms with Gasteiger partial charge in [0.15, 0.2) is 0 Å². The van der Waals surface area contributed by atoms with Crippen LogP contribution in [0.4, 0.5) is 10.7 Å². The Hall–Kier alpha value is -3.65. The van der Waals surface area contributed by atoms with Crippen LogP contribution in [-0.2, 0) is 4.79 Å². The fraction of sp³-hybridized carbons (Fsp3) is 0.321. The van der Waals surface area contributed by atoms with Gasteiger partial charge < -0.3 is 21.3 Å². The maximum Gasteiger partial charge on any atom is 0.262 e. The summed E-state index contributed by atoms with van der Waals surface area (Å²) >= 11 is 1.17. The number of amides is 3. The molecule has 0 spiro atoms. The maximum absolute atomic E-state index is 13.4. The number of carbonyl (C=O) groups is 3. The molecule has 0 aliphatic carbocycles. The minimum absolute atomic E-state index is 0.000813. The first-order chi connectivity index (χ1) is 17.0.